The van der Waals surface area contributed by atoms with Gasteiger partial charge in [0.05, 0.1) is 11.8 Å². The average molecular weight is 628 g/mol. The molecular weight excluding hydrogens is 568 g/mol. The van der Waals surface area contributed by atoms with E-state index in [0.717, 1.165) is 96.6 Å². The lowest BCUT2D eigenvalue weighted by Crippen LogP contribution is -2.64. The predicted molar refractivity (Wildman–Crippen MR) is 174 cm³/mol. The van der Waals surface area contributed by atoms with Crippen LogP contribution in [0.4, 0.5) is 4.32 Å². The van der Waals surface area contributed by atoms with Crippen molar-refractivity contribution in [3.05, 3.63) is 0 Å². The quantitative estimate of drug-likeness (QED) is 0.227. The van der Waals surface area contributed by atoms with Crippen LogP contribution in [-0.4, -0.2) is 54.0 Å². The topological polar surface area (TPSA) is 83.9 Å². The van der Waals surface area contributed by atoms with Crippen molar-refractivity contribution in [2.75, 3.05) is 13.1 Å². The molecule has 6 nitrogen and oxygen atoms in total. The zero-order valence-electron chi connectivity index (χ0n) is 29.0. The number of halogens is 1. The van der Waals surface area contributed by atoms with Crippen LogP contribution in [0.25, 0.3) is 0 Å². The summed E-state index contributed by atoms with van der Waals surface area (Å²) in [5.74, 6) is 0.706. The van der Waals surface area contributed by atoms with Gasteiger partial charge in [0, 0.05) is 19.5 Å². The molecule has 6 rings (SSSR count). The molecule has 1 heterocycles. The summed E-state index contributed by atoms with van der Waals surface area (Å²) in [6.45, 7) is 13.2. The molecule has 1 amide bonds. The third-order valence-electron chi connectivity index (χ3n) is 15.6. The number of rotatable bonds is 7. The molecule has 1 N–H and O–H groups in total. The van der Waals surface area contributed by atoms with E-state index in [2.05, 4.69) is 25.7 Å². The molecule has 6 fully saturated rings. The number of amides is 1. The van der Waals surface area contributed by atoms with Crippen LogP contribution < -0.4 is 0 Å². The lowest BCUT2D eigenvalue weighted by molar-refractivity contribution is -0.201. The first kappa shape index (κ1) is 33.3. The van der Waals surface area contributed by atoms with Gasteiger partial charge in [-0.1, -0.05) is 40.4 Å². The van der Waals surface area contributed by atoms with Crippen LogP contribution in [0.15, 0.2) is 0 Å². The fourth-order valence-corrected chi connectivity index (χ4v) is 13.4. The van der Waals surface area contributed by atoms with E-state index in [9.17, 15) is 19.5 Å². The zero-order chi connectivity index (χ0) is 32.6. The summed E-state index contributed by atoms with van der Waals surface area (Å²) in [6, 6.07) is 0. The number of carbonyl (C=O) groups excluding carboxylic acids is 2. The SMILES string of the molecule is CB(F)[C@]12CCC3[C@@]4(C)CC[C@H](OC(=O)CC(C)(C)C(=O)O)[C@H](C)C4CC[C@@]3(C)C1CC[C@@]1(CC(=O)N3CCCC3)CCCC12. The molecule has 10 atom stereocenters. The number of likely N-dealkylation sites (tertiary alicyclic amines) is 1. The molecule has 1 aliphatic heterocycles. The largest absolute Gasteiger partial charge is 0.481 e. The van der Waals surface area contributed by atoms with Gasteiger partial charge in [0.25, 0.3) is 0 Å². The number of esters is 1. The lowest BCUT2D eigenvalue weighted by atomic mass is 9.25. The maximum atomic E-state index is 16.5. The maximum Gasteiger partial charge on any atom is 0.352 e. The van der Waals surface area contributed by atoms with E-state index in [4.69, 9.17) is 4.74 Å². The van der Waals surface area contributed by atoms with Gasteiger partial charge >= 0.3 is 18.9 Å². The smallest absolute Gasteiger partial charge is 0.352 e. The highest BCUT2D eigenvalue weighted by atomic mass is 19.1. The number of hydrogen-bond donors (Lipinski definition) is 1. The van der Waals surface area contributed by atoms with Crippen LogP contribution in [0, 0.1) is 51.2 Å². The second kappa shape index (κ2) is 11.5. The molecule has 5 aliphatic carbocycles. The lowest BCUT2D eigenvalue weighted by Gasteiger charge is -2.71. The Labute approximate surface area is 271 Å². The van der Waals surface area contributed by atoms with Crippen molar-refractivity contribution in [3.8, 4) is 0 Å². The third kappa shape index (κ3) is 5.11. The van der Waals surface area contributed by atoms with Gasteiger partial charge < -0.3 is 19.1 Å². The molecule has 5 saturated carbocycles. The van der Waals surface area contributed by atoms with E-state index < -0.39 is 24.3 Å². The van der Waals surface area contributed by atoms with Crippen molar-refractivity contribution in [2.24, 2.45) is 51.2 Å². The second-order valence-corrected chi connectivity index (χ2v) is 17.9. The summed E-state index contributed by atoms with van der Waals surface area (Å²) in [7, 11) is 0. The number of ether oxygens (including phenoxy) is 1. The predicted octanol–water partition coefficient (Wildman–Crippen LogP) is 8.20. The highest BCUT2D eigenvalue weighted by molar-refractivity contribution is 6.53. The van der Waals surface area contributed by atoms with Crippen molar-refractivity contribution < 1.29 is 28.5 Å². The van der Waals surface area contributed by atoms with Gasteiger partial charge in [0.1, 0.15) is 6.10 Å². The zero-order valence-corrected chi connectivity index (χ0v) is 29.0. The molecule has 6 aliphatic rings. The number of carbonyl (C=O) groups is 3. The maximum absolute atomic E-state index is 16.5. The van der Waals surface area contributed by atoms with Gasteiger partial charge in [-0.05, 0) is 136 Å². The molecule has 0 radical (unpaired) electrons. The van der Waals surface area contributed by atoms with Crippen LogP contribution in [0.5, 0.6) is 0 Å². The van der Waals surface area contributed by atoms with E-state index in [1.807, 2.05) is 6.82 Å². The number of hydrogen-bond acceptors (Lipinski definition) is 4. The van der Waals surface area contributed by atoms with E-state index in [-0.39, 0.29) is 40.0 Å². The minimum absolute atomic E-state index is 0.0352. The van der Waals surface area contributed by atoms with Crippen LogP contribution in [0.2, 0.25) is 12.1 Å². The van der Waals surface area contributed by atoms with E-state index in [0.29, 0.717) is 36.0 Å². The summed E-state index contributed by atoms with van der Waals surface area (Å²) in [5, 5.41) is 9.16. The number of carboxylic acid groups (broad SMARTS) is 1. The summed E-state index contributed by atoms with van der Waals surface area (Å²) in [6.07, 6.45) is 13.9. The first-order valence-electron chi connectivity index (χ1n) is 18.5. The number of aliphatic carboxylic acids is 1. The summed E-state index contributed by atoms with van der Waals surface area (Å²) in [5.41, 5.74) is -1.01. The summed E-state index contributed by atoms with van der Waals surface area (Å²) < 4.78 is 22.6. The van der Waals surface area contributed by atoms with E-state index in [1.165, 1.54) is 0 Å². The Kier molecular flexibility index (Phi) is 8.54. The van der Waals surface area contributed by atoms with Crippen LogP contribution in [0.3, 0.4) is 0 Å². The Hall–Kier alpha value is -1.60. The fourth-order valence-electron chi connectivity index (χ4n) is 13.4. The standard InChI is InChI=1S/C37H59BFNO5/c1-24-25-11-16-35(5)27(34(25,4)17-12-26(24)45-31(42)23-33(2,3)32(43)44)14-19-37(38(6)39)28(35)13-18-36(15-9-10-29(36)37)22-30(41)40-20-7-8-21-40/h24-29H,7-23H2,1-6H3,(H,43,44)/t24-,25?,26+,27?,28?,29?,34+,35-,36-,37-/m1/s1. The van der Waals surface area contributed by atoms with E-state index in [1.54, 1.807) is 13.8 Å². The highest BCUT2D eigenvalue weighted by Gasteiger charge is 2.71. The van der Waals surface area contributed by atoms with Crippen molar-refractivity contribution >= 4 is 24.8 Å². The Balaban J connectivity index is 1.22. The normalized spacial score (nSPS) is 44.3. The third-order valence-corrected chi connectivity index (χ3v) is 15.6. The molecule has 0 aromatic rings. The molecule has 252 valence electrons. The Morgan fingerprint density at radius 3 is 2.22 bits per heavy atom. The van der Waals surface area contributed by atoms with Crippen LogP contribution in [0.1, 0.15) is 131 Å². The van der Waals surface area contributed by atoms with Crippen molar-refractivity contribution in [3.63, 3.8) is 0 Å². The molecule has 0 aromatic carbocycles. The minimum Gasteiger partial charge on any atom is -0.481 e. The average Bonchev–Trinajstić information content (AvgIpc) is 3.65. The first-order valence-corrected chi connectivity index (χ1v) is 18.5. The Bertz CT molecular complexity index is 1190. The van der Waals surface area contributed by atoms with Crippen molar-refractivity contribution in [1.82, 2.24) is 4.90 Å². The Morgan fingerprint density at radius 2 is 1.56 bits per heavy atom. The van der Waals surface area contributed by atoms with Gasteiger partial charge in [0.2, 0.25) is 5.91 Å². The molecule has 0 spiro atoms. The van der Waals surface area contributed by atoms with Gasteiger partial charge in [-0.25, -0.2) is 0 Å². The van der Waals surface area contributed by atoms with Gasteiger partial charge in [-0.3, -0.25) is 14.4 Å². The number of nitrogens with zero attached hydrogens (tertiary/aromatic N) is 1. The minimum atomic E-state index is -1.14. The van der Waals surface area contributed by atoms with Crippen molar-refractivity contribution in [1.29, 1.82) is 0 Å². The molecule has 1 saturated heterocycles. The Morgan fingerprint density at radius 1 is 0.889 bits per heavy atom. The fraction of sp³-hybridized carbons (Fsp3) is 0.919. The molecule has 8 heteroatoms. The number of fused-ring (bicyclic) bond motifs is 7. The van der Waals surface area contributed by atoms with Gasteiger partial charge in [-0.2, -0.15) is 0 Å². The summed E-state index contributed by atoms with van der Waals surface area (Å²) in [4.78, 5) is 40.1. The second-order valence-electron chi connectivity index (χ2n) is 17.9. The highest BCUT2D eigenvalue weighted by Crippen LogP contribution is 2.79. The van der Waals surface area contributed by atoms with Gasteiger partial charge in [0.15, 0.2) is 0 Å². The number of carboxylic acids is 1. The molecule has 0 aromatic heterocycles. The van der Waals surface area contributed by atoms with Crippen LogP contribution >= 0.6 is 0 Å². The molecule has 0 bridgehead atoms. The molecule has 4 unspecified atom stereocenters. The molecular formula is C37H59BFNO5. The first-order chi connectivity index (χ1) is 21.1. The van der Waals surface area contributed by atoms with Crippen molar-refractivity contribution in [2.45, 2.75) is 149 Å². The van der Waals surface area contributed by atoms with E-state index >= 15 is 4.32 Å². The van der Waals surface area contributed by atoms with Gasteiger partial charge in [-0.15, -0.1) is 0 Å². The monoisotopic (exact) mass is 627 g/mol. The molecule has 45 heavy (non-hydrogen) atoms. The summed E-state index contributed by atoms with van der Waals surface area (Å²) >= 11 is 0. The van der Waals surface area contributed by atoms with Crippen LogP contribution in [-0.2, 0) is 19.1 Å².